The van der Waals surface area contributed by atoms with Crippen molar-refractivity contribution in [2.24, 2.45) is 0 Å². The summed E-state index contributed by atoms with van der Waals surface area (Å²) in [5, 5.41) is 2.33. The second kappa shape index (κ2) is 7.54. The number of ether oxygens (including phenoxy) is 2. The number of carbonyl (C=O) groups excluding carboxylic acids is 1. The molecule has 0 fully saturated rings. The Morgan fingerprint density at radius 2 is 2.15 bits per heavy atom. The number of hydrogen-bond donors (Lipinski definition) is 1. The molecule has 0 saturated heterocycles. The summed E-state index contributed by atoms with van der Waals surface area (Å²) in [7, 11) is 1.39. The predicted molar refractivity (Wildman–Crippen MR) is 66.1 cm³/mol. The molecule has 20 heavy (non-hydrogen) atoms. The van der Waals surface area contributed by atoms with Crippen LogP contribution in [-0.2, 0) is 9.53 Å². The molecule has 0 aromatic heterocycles. The molecule has 0 aliphatic carbocycles. The minimum Gasteiger partial charge on any atom is -0.435 e. The molecule has 1 atom stereocenters. The lowest BCUT2D eigenvalue weighted by atomic mass is 10.1. The predicted octanol–water partition coefficient (Wildman–Crippen LogP) is 2.57. The maximum atomic E-state index is 12.7. The lowest BCUT2D eigenvalue weighted by Crippen LogP contribution is -2.31. The first-order chi connectivity index (χ1) is 9.43. The van der Waals surface area contributed by atoms with Crippen LogP contribution in [0.15, 0.2) is 36.7 Å². The molecule has 1 amide bonds. The Morgan fingerprint density at radius 1 is 1.45 bits per heavy atom. The quantitative estimate of drug-likeness (QED) is 0.785. The van der Waals surface area contributed by atoms with Crippen LogP contribution in [0, 0.1) is 0 Å². The second-order valence-electron chi connectivity index (χ2n) is 3.84. The highest BCUT2D eigenvalue weighted by Gasteiger charge is 2.17. The number of rotatable bonds is 7. The van der Waals surface area contributed by atoms with Crippen molar-refractivity contribution in [2.45, 2.75) is 12.7 Å². The molecular weight excluding hydrogens is 275 g/mol. The second-order valence-corrected chi connectivity index (χ2v) is 3.84. The number of amides is 1. The Bertz CT molecular complexity index is 480. The van der Waals surface area contributed by atoms with Crippen molar-refractivity contribution < 1.29 is 27.4 Å². The van der Waals surface area contributed by atoms with Gasteiger partial charge in [0.2, 0.25) is 0 Å². The zero-order valence-electron chi connectivity index (χ0n) is 10.7. The van der Waals surface area contributed by atoms with Gasteiger partial charge in [-0.3, -0.25) is 4.79 Å². The Balaban J connectivity index is 2.90. The molecule has 1 unspecified atom stereocenters. The summed E-state index contributed by atoms with van der Waals surface area (Å²) < 4.78 is 46.1. The van der Waals surface area contributed by atoms with Gasteiger partial charge in [0.1, 0.15) is 5.75 Å². The fourth-order valence-electron chi connectivity index (χ4n) is 1.53. The van der Waals surface area contributed by atoms with E-state index >= 15 is 0 Å². The highest BCUT2D eigenvalue weighted by atomic mass is 19.3. The number of benzene rings is 1. The SMILES string of the molecule is C=C(F)C(=O)NC(COC)c1cccc(OC(F)F)c1. The van der Waals surface area contributed by atoms with Gasteiger partial charge in [-0.25, -0.2) is 4.39 Å². The number of carbonyl (C=O) groups is 1. The molecule has 0 saturated carbocycles. The zero-order valence-corrected chi connectivity index (χ0v) is 10.7. The van der Waals surface area contributed by atoms with Gasteiger partial charge in [-0.05, 0) is 17.7 Å². The van der Waals surface area contributed by atoms with Gasteiger partial charge in [0.15, 0.2) is 5.83 Å². The number of hydrogen-bond acceptors (Lipinski definition) is 3. The number of methoxy groups -OCH3 is 1. The van der Waals surface area contributed by atoms with Crippen LogP contribution in [-0.4, -0.2) is 26.2 Å². The molecule has 1 rings (SSSR count). The molecule has 1 aromatic carbocycles. The van der Waals surface area contributed by atoms with Gasteiger partial charge < -0.3 is 14.8 Å². The van der Waals surface area contributed by atoms with Crippen molar-refractivity contribution in [3.8, 4) is 5.75 Å². The van der Waals surface area contributed by atoms with E-state index in [2.05, 4.69) is 16.6 Å². The van der Waals surface area contributed by atoms with E-state index in [1.165, 1.54) is 25.3 Å². The molecule has 0 bridgehead atoms. The van der Waals surface area contributed by atoms with E-state index in [9.17, 15) is 18.0 Å². The Labute approximate surface area is 114 Å². The van der Waals surface area contributed by atoms with E-state index in [4.69, 9.17) is 4.74 Å². The third-order valence-corrected chi connectivity index (χ3v) is 2.37. The molecule has 4 nitrogen and oxygen atoms in total. The first-order valence-corrected chi connectivity index (χ1v) is 5.63. The lowest BCUT2D eigenvalue weighted by Gasteiger charge is -2.18. The van der Waals surface area contributed by atoms with Crippen LogP contribution < -0.4 is 10.1 Å². The fraction of sp³-hybridized carbons (Fsp3) is 0.308. The minimum absolute atomic E-state index is 0.0388. The van der Waals surface area contributed by atoms with Crippen LogP contribution in [0.1, 0.15) is 11.6 Å². The van der Waals surface area contributed by atoms with Crippen molar-refractivity contribution in [3.63, 3.8) is 0 Å². The van der Waals surface area contributed by atoms with Crippen molar-refractivity contribution in [3.05, 3.63) is 42.2 Å². The van der Waals surface area contributed by atoms with Gasteiger partial charge in [-0.2, -0.15) is 8.78 Å². The smallest absolute Gasteiger partial charge is 0.387 e. The highest BCUT2D eigenvalue weighted by molar-refractivity contribution is 5.90. The van der Waals surface area contributed by atoms with Crippen LogP contribution in [0.5, 0.6) is 5.75 Å². The molecule has 0 radical (unpaired) electrons. The van der Waals surface area contributed by atoms with Crippen molar-refractivity contribution >= 4 is 5.91 Å². The summed E-state index contributed by atoms with van der Waals surface area (Å²) in [5.74, 6) is -2.20. The Morgan fingerprint density at radius 3 is 2.70 bits per heavy atom. The summed E-state index contributed by atoms with van der Waals surface area (Å²) in [6.07, 6.45) is 0. The summed E-state index contributed by atoms with van der Waals surface area (Å²) in [4.78, 5) is 11.3. The van der Waals surface area contributed by atoms with Gasteiger partial charge in [-0.15, -0.1) is 0 Å². The van der Waals surface area contributed by atoms with Crippen LogP contribution in [0.2, 0.25) is 0 Å². The molecule has 7 heteroatoms. The van der Waals surface area contributed by atoms with Crippen LogP contribution in [0.4, 0.5) is 13.2 Å². The lowest BCUT2D eigenvalue weighted by molar-refractivity contribution is -0.120. The maximum Gasteiger partial charge on any atom is 0.387 e. The van der Waals surface area contributed by atoms with E-state index in [1.54, 1.807) is 6.07 Å². The fourth-order valence-corrected chi connectivity index (χ4v) is 1.53. The Hall–Kier alpha value is -2.02. The standard InChI is InChI=1S/C13H14F3NO3/c1-8(14)12(18)17-11(7-19-2)9-4-3-5-10(6-9)20-13(15)16/h3-6,11,13H,1,7H2,2H3,(H,17,18). The average molecular weight is 289 g/mol. The summed E-state index contributed by atoms with van der Waals surface area (Å²) in [6, 6.07) is 5.00. The van der Waals surface area contributed by atoms with E-state index in [1.807, 2.05) is 0 Å². The van der Waals surface area contributed by atoms with Gasteiger partial charge in [0.05, 0.1) is 12.6 Å². The molecule has 0 aliphatic heterocycles. The first-order valence-electron chi connectivity index (χ1n) is 5.63. The molecular formula is C13H14F3NO3. The van der Waals surface area contributed by atoms with E-state index in [0.29, 0.717) is 5.56 Å². The number of alkyl halides is 2. The van der Waals surface area contributed by atoms with Crippen molar-refractivity contribution in [1.82, 2.24) is 5.32 Å². The van der Waals surface area contributed by atoms with Crippen LogP contribution in [0.25, 0.3) is 0 Å². The summed E-state index contributed by atoms with van der Waals surface area (Å²) in [5.41, 5.74) is 0.444. The molecule has 0 aliphatic rings. The highest BCUT2D eigenvalue weighted by Crippen LogP contribution is 2.21. The molecule has 110 valence electrons. The largest absolute Gasteiger partial charge is 0.435 e. The van der Waals surface area contributed by atoms with E-state index in [-0.39, 0.29) is 12.4 Å². The topological polar surface area (TPSA) is 47.6 Å². The van der Waals surface area contributed by atoms with Gasteiger partial charge in [0, 0.05) is 7.11 Å². The molecule has 1 aromatic rings. The van der Waals surface area contributed by atoms with Gasteiger partial charge in [-0.1, -0.05) is 18.7 Å². The molecule has 0 heterocycles. The molecule has 0 spiro atoms. The zero-order chi connectivity index (χ0) is 15.1. The third-order valence-electron chi connectivity index (χ3n) is 2.37. The van der Waals surface area contributed by atoms with Crippen LogP contribution >= 0.6 is 0 Å². The number of halogens is 3. The van der Waals surface area contributed by atoms with Gasteiger partial charge in [0.25, 0.3) is 5.91 Å². The normalized spacial score (nSPS) is 12.1. The summed E-state index contributed by atoms with van der Waals surface area (Å²) in [6.45, 7) is -0.0382. The summed E-state index contributed by atoms with van der Waals surface area (Å²) >= 11 is 0. The third kappa shape index (κ3) is 4.93. The maximum absolute atomic E-state index is 12.7. The van der Waals surface area contributed by atoms with E-state index < -0.39 is 24.4 Å². The van der Waals surface area contributed by atoms with Gasteiger partial charge >= 0.3 is 6.61 Å². The van der Waals surface area contributed by atoms with Crippen molar-refractivity contribution in [2.75, 3.05) is 13.7 Å². The van der Waals surface area contributed by atoms with E-state index in [0.717, 1.165) is 0 Å². The first kappa shape index (κ1) is 16.0. The van der Waals surface area contributed by atoms with Crippen molar-refractivity contribution in [1.29, 1.82) is 0 Å². The Kier molecular flexibility index (Phi) is 6.05. The average Bonchev–Trinajstić information content (AvgIpc) is 2.37. The van der Waals surface area contributed by atoms with Crippen LogP contribution in [0.3, 0.4) is 0 Å². The molecule has 1 N–H and O–H groups in total. The minimum atomic E-state index is -2.95. The monoisotopic (exact) mass is 289 g/mol. The number of nitrogens with one attached hydrogen (secondary N) is 1.